The Morgan fingerprint density at radius 1 is 1.00 bits per heavy atom. The van der Waals surface area contributed by atoms with Crippen LogP contribution in [0.2, 0.25) is 0 Å². The number of isocyanates is 2. The van der Waals surface area contributed by atoms with E-state index in [2.05, 4.69) is 29.7 Å². The Morgan fingerprint density at radius 3 is 1.73 bits per heavy atom. The summed E-state index contributed by atoms with van der Waals surface area (Å²) in [4.78, 5) is 27.6. The lowest BCUT2D eigenvalue weighted by atomic mass is 9.81. The van der Waals surface area contributed by atoms with Crippen molar-refractivity contribution in [1.82, 2.24) is 0 Å². The van der Waals surface area contributed by atoms with Crippen LogP contribution in [-0.2, 0) is 9.59 Å². The zero-order valence-electron chi connectivity index (χ0n) is 8.19. The quantitative estimate of drug-likeness (QED) is 0.386. The summed E-state index contributed by atoms with van der Waals surface area (Å²) < 4.78 is 0. The zero-order valence-corrected chi connectivity index (χ0v) is 8.19. The van der Waals surface area contributed by atoms with Gasteiger partial charge in [-0.15, -0.1) is 0 Å². The maximum Gasteiger partial charge on any atom is 0.235 e. The van der Waals surface area contributed by atoms with Crippen molar-refractivity contribution in [2.24, 2.45) is 9.98 Å². The SMILES string of the molecule is C=C1CC(=C)C(N=C=O)C(=C)C1N=C=O. The van der Waals surface area contributed by atoms with Crippen molar-refractivity contribution in [2.75, 3.05) is 0 Å². The van der Waals surface area contributed by atoms with Crippen LogP contribution >= 0.6 is 0 Å². The van der Waals surface area contributed by atoms with Gasteiger partial charge < -0.3 is 0 Å². The number of nitrogens with zero attached hydrogens (tertiary/aromatic N) is 2. The molecule has 1 rings (SSSR count). The van der Waals surface area contributed by atoms with Crippen LogP contribution in [0.25, 0.3) is 0 Å². The minimum Gasteiger partial charge on any atom is -0.211 e. The van der Waals surface area contributed by atoms with Crippen LogP contribution in [0.4, 0.5) is 0 Å². The van der Waals surface area contributed by atoms with Gasteiger partial charge in [-0.05, 0) is 23.1 Å². The van der Waals surface area contributed by atoms with E-state index >= 15 is 0 Å². The van der Waals surface area contributed by atoms with Crippen LogP contribution in [0.15, 0.2) is 46.4 Å². The topological polar surface area (TPSA) is 58.9 Å². The summed E-state index contributed by atoms with van der Waals surface area (Å²) in [6.45, 7) is 11.3. The highest BCUT2D eigenvalue weighted by molar-refractivity contribution is 5.48. The van der Waals surface area contributed by atoms with Gasteiger partial charge in [0.2, 0.25) is 12.2 Å². The lowest BCUT2D eigenvalue weighted by Gasteiger charge is -2.29. The van der Waals surface area contributed by atoms with Crippen molar-refractivity contribution >= 4 is 12.2 Å². The van der Waals surface area contributed by atoms with Gasteiger partial charge in [0.05, 0.1) is 0 Å². The van der Waals surface area contributed by atoms with E-state index in [4.69, 9.17) is 0 Å². The largest absolute Gasteiger partial charge is 0.235 e. The molecule has 4 nitrogen and oxygen atoms in total. The standard InChI is InChI=1S/C11H10N2O2/c1-7-4-8(2)11(13-6-15)9(3)10(7)12-5-14/h10-11H,1-4H2. The van der Waals surface area contributed by atoms with E-state index < -0.39 is 12.1 Å². The molecule has 1 fully saturated rings. The van der Waals surface area contributed by atoms with E-state index in [0.29, 0.717) is 23.1 Å². The second-order valence-corrected chi connectivity index (χ2v) is 3.31. The van der Waals surface area contributed by atoms with Crippen LogP contribution in [0, 0.1) is 0 Å². The molecule has 0 heterocycles. The van der Waals surface area contributed by atoms with Crippen molar-refractivity contribution in [1.29, 1.82) is 0 Å². The highest BCUT2D eigenvalue weighted by Gasteiger charge is 2.30. The smallest absolute Gasteiger partial charge is 0.211 e. The molecule has 1 aliphatic carbocycles. The van der Waals surface area contributed by atoms with Gasteiger partial charge in [-0.25, -0.2) is 9.59 Å². The molecule has 1 aliphatic rings. The average molecular weight is 202 g/mol. The highest BCUT2D eigenvalue weighted by atomic mass is 16.1. The number of hydrogen-bond donors (Lipinski definition) is 0. The van der Waals surface area contributed by atoms with Crippen LogP contribution < -0.4 is 0 Å². The highest BCUT2D eigenvalue weighted by Crippen LogP contribution is 2.33. The van der Waals surface area contributed by atoms with Crippen molar-refractivity contribution in [3.8, 4) is 0 Å². The third kappa shape index (κ3) is 2.08. The molecule has 2 atom stereocenters. The lowest BCUT2D eigenvalue weighted by Crippen LogP contribution is -2.28. The fourth-order valence-corrected chi connectivity index (χ4v) is 1.61. The van der Waals surface area contributed by atoms with E-state index in [1.165, 1.54) is 12.2 Å². The number of aliphatic imine (C=N–C) groups is 2. The summed E-state index contributed by atoms with van der Waals surface area (Å²) in [5, 5.41) is 0. The number of carbonyl (C=O) groups excluding carboxylic acids is 2. The monoisotopic (exact) mass is 202 g/mol. The van der Waals surface area contributed by atoms with Crippen molar-refractivity contribution in [3.63, 3.8) is 0 Å². The maximum absolute atomic E-state index is 10.2. The van der Waals surface area contributed by atoms with Crippen molar-refractivity contribution in [2.45, 2.75) is 18.5 Å². The van der Waals surface area contributed by atoms with E-state index in [-0.39, 0.29) is 0 Å². The Hall–Kier alpha value is -2.02. The van der Waals surface area contributed by atoms with Crippen LogP contribution in [0.1, 0.15) is 6.42 Å². The summed E-state index contributed by atoms with van der Waals surface area (Å²) in [5.74, 6) is 0. The summed E-state index contributed by atoms with van der Waals surface area (Å²) in [6, 6.07) is -1.04. The van der Waals surface area contributed by atoms with E-state index in [9.17, 15) is 9.59 Å². The lowest BCUT2D eigenvalue weighted by molar-refractivity contribution is 0.555. The molecule has 0 aromatic heterocycles. The molecule has 2 unspecified atom stereocenters. The molecule has 0 aromatic rings. The Kier molecular flexibility index (Phi) is 3.29. The van der Waals surface area contributed by atoms with E-state index in [0.717, 1.165) is 0 Å². The normalized spacial score (nSPS) is 25.5. The van der Waals surface area contributed by atoms with Crippen LogP contribution in [-0.4, -0.2) is 24.2 Å². The first-order valence-electron chi connectivity index (χ1n) is 4.29. The molecule has 4 heteroatoms. The molecule has 0 aliphatic heterocycles. The summed E-state index contributed by atoms with van der Waals surface area (Å²) in [5.41, 5.74) is 1.94. The van der Waals surface area contributed by atoms with Crippen molar-refractivity contribution in [3.05, 3.63) is 36.5 Å². The molecule has 0 amide bonds. The molecule has 76 valence electrons. The Bertz CT molecular complexity index is 386. The maximum atomic E-state index is 10.2. The first-order valence-corrected chi connectivity index (χ1v) is 4.29. The fourth-order valence-electron chi connectivity index (χ4n) is 1.61. The molecular formula is C11H10N2O2. The minimum absolute atomic E-state index is 0.477. The predicted molar refractivity (Wildman–Crippen MR) is 55.9 cm³/mol. The third-order valence-corrected chi connectivity index (χ3v) is 2.29. The van der Waals surface area contributed by atoms with Gasteiger partial charge >= 0.3 is 0 Å². The molecule has 1 saturated carbocycles. The van der Waals surface area contributed by atoms with Gasteiger partial charge in [0.25, 0.3) is 0 Å². The van der Waals surface area contributed by atoms with Gasteiger partial charge in [-0.1, -0.05) is 19.7 Å². The third-order valence-electron chi connectivity index (χ3n) is 2.29. The molecule has 0 bridgehead atoms. The average Bonchev–Trinajstić information content (AvgIpc) is 2.19. The molecule has 0 aromatic carbocycles. The van der Waals surface area contributed by atoms with Crippen molar-refractivity contribution < 1.29 is 9.59 Å². The number of rotatable bonds is 2. The van der Waals surface area contributed by atoms with Gasteiger partial charge in [-0.3, -0.25) is 0 Å². The molecule has 0 N–H and O–H groups in total. The fraction of sp³-hybridized carbons (Fsp3) is 0.273. The Balaban J connectivity index is 3.09. The summed E-state index contributed by atoms with van der Waals surface area (Å²) in [6.07, 6.45) is 3.40. The Labute approximate surface area is 87.4 Å². The first-order chi connectivity index (χ1) is 7.11. The first kappa shape index (κ1) is 11.1. The van der Waals surface area contributed by atoms with E-state index in [1.54, 1.807) is 0 Å². The molecule has 0 saturated heterocycles. The second kappa shape index (κ2) is 4.47. The Morgan fingerprint density at radius 2 is 1.40 bits per heavy atom. The summed E-state index contributed by atoms with van der Waals surface area (Å²) in [7, 11) is 0. The minimum atomic E-state index is -0.518. The predicted octanol–water partition coefficient (Wildman–Crippen LogP) is 1.47. The molecule has 0 spiro atoms. The second-order valence-electron chi connectivity index (χ2n) is 3.31. The summed E-state index contributed by atoms with van der Waals surface area (Å²) >= 11 is 0. The van der Waals surface area contributed by atoms with E-state index in [1.807, 2.05) is 0 Å². The molecular weight excluding hydrogens is 192 g/mol. The van der Waals surface area contributed by atoms with Gasteiger partial charge in [0, 0.05) is 0 Å². The van der Waals surface area contributed by atoms with Gasteiger partial charge in [0.15, 0.2) is 0 Å². The van der Waals surface area contributed by atoms with Gasteiger partial charge in [-0.2, -0.15) is 9.98 Å². The van der Waals surface area contributed by atoms with Crippen LogP contribution in [0.5, 0.6) is 0 Å². The van der Waals surface area contributed by atoms with Gasteiger partial charge in [0.1, 0.15) is 12.1 Å². The molecule has 0 radical (unpaired) electrons. The number of hydrogen-bond acceptors (Lipinski definition) is 4. The molecule has 15 heavy (non-hydrogen) atoms. The zero-order chi connectivity index (χ0) is 11.4. The van der Waals surface area contributed by atoms with Crippen LogP contribution in [0.3, 0.4) is 0 Å².